The van der Waals surface area contributed by atoms with Crippen LogP contribution in [0, 0.1) is 11.7 Å². The van der Waals surface area contributed by atoms with Gasteiger partial charge in [0.05, 0.1) is 22.6 Å². The summed E-state index contributed by atoms with van der Waals surface area (Å²) in [6.07, 6.45) is 14.9. The average molecular weight is 649 g/mol. The summed E-state index contributed by atoms with van der Waals surface area (Å²) in [5, 5.41) is 15.6. The highest BCUT2D eigenvalue weighted by Crippen LogP contribution is 2.29. The van der Waals surface area contributed by atoms with E-state index in [0.717, 1.165) is 63.4 Å². The Morgan fingerprint density at radius 2 is 1.71 bits per heavy atom. The highest BCUT2D eigenvalue weighted by Gasteiger charge is 2.16. The van der Waals surface area contributed by atoms with E-state index in [-0.39, 0.29) is 5.82 Å². The van der Waals surface area contributed by atoms with Gasteiger partial charge >= 0.3 is 0 Å². The van der Waals surface area contributed by atoms with Gasteiger partial charge in [-0.05, 0) is 110 Å². The fourth-order valence-electron chi connectivity index (χ4n) is 5.62. The summed E-state index contributed by atoms with van der Waals surface area (Å²) >= 11 is 0. The van der Waals surface area contributed by atoms with Crippen LogP contribution >= 0.6 is 0 Å². The lowest BCUT2D eigenvalue weighted by molar-refractivity contribution is 0.372. The van der Waals surface area contributed by atoms with Crippen LogP contribution in [-0.4, -0.2) is 50.3 Å². The molecular weight excluding hydrogens is 599 g/mol. The lowest BCUT2D eigenvalue weighted by Gasteiger charge is -2.22. The van der Waals surface area contributed by atoms with E-state index < -0.39 is 0 Å². The molecule has 5 aromatic rings. The predicted molar refractivity (Wildman–Crippen MR) is 200 cm³/mol. The van der Waals surface area contributed by atoms with Crippen molar-refractivity contribution in [1.29, 1.82) is 0 Å². The highest BCUT2D eigenvalue weighted by molar-refractivity contribution is 5.92. The van der Waals surface area contributed by atoms with E-state index in [0.29, 0.717) is 29.5 Å². The molecule has 0 unspecified atom stereocenters. The highest BCUT2D eigenvalue weighted by atomic mass is 19.1. The van der Waals surface area contributed by atoms with E-state index in [1.54, 1.807) is 12.4 Å². The van der Waals surface area contributed by atoms with Crippen molar-refractivity contribution in [3.63, 3.8) is 0 Å². The van der Waals surface area contributed by atoms with Gasteiger partial charge in [-0.15, -0.1) is 26.3 Å². The maximum atomic E-state index is 14.4. The van der Waals surface area contributed by atoms with Gasteiger partial charge in [-0.3, -0.25) is 15.1 Å². The number of nitrogens with one attached hydrogen (secondary N) is 4. The molecule has 0 aliphatic carbocycles. The number of hydrogen-bond acceptors (Lipinski definition) is 6. The number of benzene rings is 1. The first-order valence-corrected chi connectivity index (χ1v) is 16.3. The zero-order valence-corrected chi connectivity index (χ0v) is 28.8. The second-order valence-electron chi connectivity index (χ2n) is 11.0. The number of allylic oxidation sites excluding steroid dienone is 2. The van der Waals surface area contributed by atoms with Crippen LogP contribution in [-0.2, 0) is 13.0 Å². The molecule has 8 nitrogen and oxygen atoms in total. The predicted octanol–water partition coefficient (Wildman–Crippen LogP) is 6.74. The van der Waals surface area contributed by atoms with Crippen molar-refractivity contribution >= 4 is 29.3 Å². The maximum Gasteiger partial charge on any atom is 0.159 e. The minimum absolute atomic E-state index is 0.300. The fourth-order valence-corrected chi connectivity index (χ4v) is 5.62. The van der Waals surface area contributed by atoms with Crippen molar-refractivity contribution in [3.8, 4) is 22.6 Å². The van der Waals surface area contributed by atoms with Crippen LogP contribution < -0.4 is 21.2 Å². The van der Waals surface area contributed by atoms with Crippen LogP contribution in [0.25, 0.3) is 51.9 Å². The van der Waals surface area contributed by atoms with E-state index in [2.05, 4.69) is 87.7 Å². The van der Waals surface area contributed by atoms with Gasteiger partial charge in [0.25, 0.3) is 0 Å². The van der Waals surface area contributed by atoms with Crippen LogP contribution in [0.1, 0.15) is 50.3 Å². The van der Waals surface area contributed by atoms with Gasteiger partial charge < -0.3 is 15.6 Å². The lowest BCUT2D eigenvalue weighted by atomic mass is 9.91. The number of fused-ring (bicyclic) bond motifs is 1. The van der Waals surface area contributed by atoms with Crippen molar-refractivity contribution < 1.29 is 4.39 Å². The number of rotatable bonds is 8. The molecule has 5 heterocycles. The molecular formula is C39H49FN8. The molecule has 0 atom stereocenters. The summed E-state index contributed by atoms with van der Waals surface area (Å²) in [6, 6.07) is 7.23. The Hall–Kier alpha value is -4.99. The normalized spacial score (nSPS) is 13.5. The molecule has 1 fully saturated rings. The smallest absolute Gasteiger partial charge is 0.159 e. The van der Waals surface area contributed by atoms with E-state index in [9.17, 15) is 4.39 Å². The van der Waals surface area contributed by atoms with Gasteiger partial charge in [0.1, 0.15) is 11.5 Å². The van der Waals surface area contributed by atoms with Crippen molar-refractivity contribution in [2.24, 2.45) is 5.92 Å². The molecule has 4 aromatic heterocycles. The van der Waals surface area contributed by atoms with Crippen molar-refractivity contribution in [2.75, 3.05) is 20.1 Å². The van der Waals surface area contributed by atoms with Gasteiger partial charge in [0, 0.05) is 35.9 Å². The summed E-state index contributed by atoms with van der Waals surface area (Å²) in [6.45, 7) is 25.1. The third-order valence-corrected chi connectivity index (χ3v) is 7.90. The number of aromatic amines is 2. The van der Waals surface area contributed by atoms with Crippen molar-refractivity contribution in [3.05, 3.63) is 115 Å². The Labute approximate surface area is 283 Å². The number of H-pyrrole nitrogens is 2. The third-order valence-electron chi connectivity index (χ3n) is 7.90. The van der Waals surface area contributed by atoms with Gasteiger partial charge in [-0.2, -0.15) is 5.10 Å². The lowest BCUT2D eigenvalue weighted by Crippen LogP contribution is -2.28. The second-order valence-corrected chi connectivity index (χ2v) is 11.0. The minimum Gasteiger partial charge on any atom is -0.335 e. The standard InChI is InChI=1S/C33H35FN8.C2H6.2C2H4/c1-20(26-12-23(16-37-17-26)10-22-6-8-36-9-7-22)4-5-29-21(2)31(42-41-29)33-39-30-19-38-18-28(32(30)40-33)25-11-24(15-35-3)13-27(34)14-25;3*1-2/h4-5,11-14,16-19,22,35-36,41H,2,6-10,15H2,1,3H3,(H,39,40);1-2H3;2*1-2H2/b20-4+,29-5+;;;. The van der Waals surface area contributed by atoms with E-state index >= 15 is 0 Å². The Morgan fingerprint density at radius 1 is 0.979 bits per heavy atom. The van der Waals surface area contributed by atoms with Crippen molar-refractivity contribution in [1.82, 2.24) is 40.8 Å². The first-order valence-electron chi connectivity index (χ1n) is 16.3. The SMILES string of the molecule is C=C.C=C.C=c1c(-c2nc3c(-c4cc(F)cc(CNC)c4)cncc3[nH]2)n[nH]/c1=C/C=C(\C)c1cncc(CC2CCNCC2)c1.CC. The van der Waals surface area contributed by atoms with Crippen molar-refractivity contribution in [2.45, 2.75) is 46.6 Å². The monoisotopic (exact) mass is 648 g/mol. The molecule has 0 bridgehead atoms. The van der Waals surface area contributed by atoms with Crippen LogP contribution in [0.4, 0.5) is 4.39 Å². The minimum atomic E-state index is -0.300. The molecule has 4 N–H and O–H groups in total. The van der Waals surface area contributed by atoms with Crippen LogP contribution in [0.3, 0.4) is 0 Å². The Balaban J connectivity index is 0.000000987. The summed E-state index contributed by atoms with van der Waals surface area (Å²) < 4.78 is 14.4. The molecule has 0 spiro atoms. The topological polar surface area (TPSA) is 107 Å². The van der Waals surface area contributed by atoms with Crippen LogP contribution in [0.2, 0.25) is 0 Å². The van der Waals surface area contributed by atoms with E-state index in [1.807, 2.05) is 45.4 Å². The number of halogens is 1. The molecule has 1 aliphatic heterocycles. The van der Waals surface area contributed by atoms with Crippen LogP contribution in [0.5, 0.6) is 0 Å². The number of pyridine rings is 2. The Kier molecular flexibility index (Phi) is 14.8. The number of aromatic nitrogens is 6. The van der Waals surface area contributed by atoms with Crippen LogP contribution in [0.15, 0.2) is 81.4 Å². The first-order chi connectivity index (χ1) is 23.5. The number of imidazole rings is 1. The number of piperidine rings is 1. The van der Waals surface area contributed by atoms with E-state index in [1.165, 1.54) is 30.5 Å². The molecule has 1 aromatic carbocycles. The summed E-state index contributed by atoms with van der Waals surface area (Å²) in [7, 11) is 1.83. The average Bonchev–Trinajstić information content (AvgIpc) is 3.73. The summed E-state index contributed by atoms with van der Waals surface area (Å²) in [5.41, 5.74) is 7.86. The largest absolute Gasteiger partial charge is 0.335 e. The molecule has 252 valence electrons. The first kappa shape index (κ1) is 37.5. The van der Waals surface area contributed by atoms with Gasteiger partial charge in [0.2, 0.25) is 0 Å². The molecule has 0 radical (unpaired) electrons. The summed E-state index contributed by atoms with van der Waals surface area (Å²) in [4.78, 5) is 17.0. The number of nitrogens with zero attached hydrogens (tertiary/aromatic N) is 4. The fraction of sp³-hybridized carbons (Fsp3) is 0.282. The third kappa shape index (κ3) is 9.30. The molecule has 0 amide bonds. The van der Waals surface area contributed by atoms with Gasteiger partial charge in [-0.1, -0.05) is 26.5 Å². The molecule has 9 heteroatoms. The quantitative estimate of drug-likeness (QED) is 0.139. The van der Waals surface area contributed by atoms with Gasteiger partial charge in [0.15, 0.2) is 5.82 Å². The van der Waals surface area contributed by atoms with Gasteiger partial charge in [-0.25, -0.2) is 9.37 Å². The Bertz CT molecular complexity index is 1900. The summed E-state index contributed by atoms with van der Waals surface area (Å²) in [5.74, 6) is 0.985. The molecule has 1 aliphatic rings. The zero-order valence-electron chi connectivity index (χ0n) is 28.8. The Morgan fingerprint density at radius 3 is 2.44 bits per heavy atom. The zero-order chi connectivity index (χ0) is 35.1. The molecule has 1 saturated heterocycles. The number of hydrogen-bond donors (Lipinski definition) is 4. The van der Waals surface area contributed by atoms with E-state index in [4.69, 9.17) is 4.98 Å². The maximum absolute atomic E-state index is 14.4. The second kappa shape index (κ2) is 19.0. The molecule has 6 rings (SSSR count). The molecule has 48 heavy (non-hydrogen) atoms. The molecule has 0 saturated carbocycles.